The van der Waals surface area contributed by atoms with Gasteiger partial charge in [-0.25, -0.2) is 4.79 Å². The Morgan fingerprint density at radius 1 is 1.16 bits per heavy atom. The summed E-state index contributed by atoms with van der Waals surface area (Å²) in [6, 6.07) is 10.6. The van der Waals surface area contributed by atoms with E-state index in [2.05, 4.69) is 10.3 Å². The lowest BCUT2D eigenvalue weighted by atomic mass is 10.2. The van der Waals surface area contributed by atoms with Gasteiger partial charge in [-0.2, -0.15) is 0 Å². The number of benzene rings is 1. The van der Waals surface area contributed by atoms with Crippen molar-refractivity contribution in [2.24, 2.45) is 0 Å². The highest BCUT2D eigenvalue weighted by atomic mass is 16.4. The molecule has 1 heterocycles. The van der Waals surface area contributed by atoms with Crippen LogP contribution in [0.1, 0.15) is 16.1 Å². The summed E-state index contributed by atoms with van der Waals surface area (Å²) in [7, 11) is 0. The Morgan fingerprint density at radius 3 is 2.58 bits per heavy atom. The lowest BCUT2D eigenvalue weighted by Crippen LogP contribution is -2.07. The second-order valence-corrected chi connectivity index (χ2v) is 3.80. The van der Waals surface area contributed by atoms with Crippen LogP contribution in [0.4, 0.5) is 5.69 Å². The summed E-state index contributed by atoms with van der Waals surface area (Å²) in [5.41, 5.74) is 1.20. The van der Waals surface area contributed by atoms with Gasteiger partial charge in [0.2, 0.25) is 5.91 Å². The van der Waals surface area contributed by atoms with Gasteiger partial charge < -0.3 is 15.4 Å². The van der Waals surface area contributed by atoms with Crippen LogP contribution < -0.4 is 5.32 Å². The Bertz CT molecular complexity index is 615. The highest BCUT2D eigenvalue weighted by Gasteiger charge is 2.08. The van der Waals surface area contributed by atoms with Crippen LogP contribution in [0.25, 0.3) is 6.08 Å². The SMILES string of the molecule is O=C(/C=C/c1cc[nH]c1C(=O)O)Nc1ccccc1. The number of para-hydroxylation sites is 1. The molecule has 0 unspecified atom stereocenters. The number of amides is 1. The van der Waals surface area contributed by atoms with Gasteiger partial charge in [0.05, 0.1) is 0 Å². The number of carbonyl (C=O) groups is 2. The molecule has 0 radical (unpaired) electrons. The Hall–Kier alpha value is -2.82. The molecular weight excluding hydrogens is 244 g/mol. The molecule has 2 rings (SSSR count). The molecule has 1 aromatic carbocycles. The van der Waals surface area contributed by atoms with Crippen LogP contribution in [-0.4, -0.2) is 22.0 Å². The van der Waals surface area contributed by atoms with Crippen molar-refractivity contribution in [3.8, 4) is 0 Å². The normalized spacial score (nSPS) is 10.5. The standard InChI is InChI=1S/C14H12N2O3/c17-12(16-11-4-2-1-3-5-11)7-6-10-8-9-15-13(10)14(18)19/h1-9,15H,(H,16,17)(H,18,19)/b7-6+. The number of H-pyrrole nitrogens is 1. The van der Waals surface area contributed by atoms with E-state index in [1.807, 2.05) is 18.2 Å². The third-order valence-corrected chi connectivity index (χ3v) is 2.45. The molecule has 1 aromatic heterocycles. The Kier molecular flexibility index (Phi) is 3.78. The van der Waals surface area contributed by atoms with E-state index in [-0.39, 0.29) is 11.6 Å². The molecule has 1 amide bonds. The average Bonchev–Trinajstić information content (AvgIpc) is 2.86. The second-order valence-electron chi connectivity index (χ2n) is 3.80. The largest absolute Gasteiger partial charge is 0.477 e. The first kappa shape index (κ1) is 12.6. The molecule has 2 aromatic rings. The molecule has 0 saturated carbocycles. The smallest absolute Gasteiger partial charge is 0.352 e. The number of aromatic nitrogens is 1. The number of hydrogen-bond acceptors (Lipinski definition) is 2. The second kappa shape index (κ2) is 5.68. The Morgan fingerprint density at radius 2 is 1.89 bits per heavy atom. The molecule has 0 saturated heterocycles. The zero-order valence-corrected chi connectivity index (χ0v) is 9.96. The monoisotopic (exact) mass is 256 g/mol. The zero-order valence-electron chi connectivity index (χ0n) is 9.96. The molecule has 0 atom stereocenters. The van der Waals surface area contributed by atoms with Crippen molar-refractivity contribution >= 4 is 23.6 Å². The predicted octanol–water partition coefficient (Wildman–Crippen LogP) is 2.36. The van der Waals surface area contributed by atoms with Crippen molar-refractivity contribution in [3.05, 3.63) is 59.9 Å². The van der Waals surface area contributed by atoms with Crippen molar-refractivity contribution in [1.82, 2.24) is 4.98 Å². The van der Waals surface area contributed by atoms with E-state index in [1.54, 1.807) is 18.2 Å². The third kappa shape index (κ3) is 3.32. The lowest BCUT2D eigenvalue weighted by molar-refractivity contribution is -0.111. The summed E-state index contributed by atoms with van der Waals surface area (Å²) < 4.78 is 0. The fraction of sp³-hybridized carbons (Fsp3) is 0. The van der Waals surface area contributed by atoms with Crippen LogP contribution in [0, 0.1) is 0 Å². The maximum absolute atomic E-state index is 11.6. The van der Waals surface area contributed by atoms with Crippen molar-refractivity contribution in [3.63, 3.8) is 0 Å². The maximum Gasteiger partial charge on any atom is 0.352 e. The highest BCUT2D eigenvalue weighted by Crippen LogP contribution is 2.10. The van der Waals surface area contributed by atoms with Gasteiger partial charge in [0.25, 0.3) is 0 Å². The molecule has 0 aliphatic heterocycles. The van der Waals surface area contributed by atoms with Crippen LogP contribution >= 0.6 is 0 Å². The summed E-state index contributed by atoms with van der Waals surface area (Å²) in [5.74, 6) is -1.38. The van der Waals surface area contributed by atoms with Crippen molar-refractivity contribution in [2.75, 3.05) is 5.32 Å². The summed E-state index contributed by atoms with van der Waals surface area (Å²) in [6.45, 7) is 0. The van der Waals surface area contributed by atoms with Gasteiger partial charge in [0.15, 0.2) is 0 Å². The van der Waals surface area contributed by atoms with Gasteiger partial charge in [-0.05, 0) is 24.3 Å². The third-order valence-electron chi connectivity index (χ3n) is 2.45. The maximum atomic E-state index is 11.6. The van der Waals surface area contributed by atoms with Crippen LogP contribution in [0.3, 0.4) is 0 Å². The first-order chi connectivity index (χ1) is 9.16. The number of aromatic amines is 1. The first-order valence-corrected chi connectivity index (χ1v) is 5.61. The van der Waals surface area contributed by atoms with Gasteiger partial charge >= 0.3 is 5.97 Å². The number of carbonyl (C=O) groups excluding carboxylic acids is 1. The van der Waals surface area contributed by atoms with Crippen molar-refractivity contribution in [1.29, 1.82) is 0 Å². The number of rotatable bonds is 4. The van der Waals surface area contributed by atoms with Crippen molar-refractivity contribution in [2.45, 2.75) is 0 Å². The van der Waals surface area contributed by atoms with E-state index >= 15 is 0 Å². The fourth-order valence-electron chi connectivity index (χ4n) is 1.58. The molecule has 0 aliphatic carbocycles. The van der Waals surface area contributed by atoms with Gasteiger partial charge in [-0.1, -0.05) is 18.2 Å². The Balaban J connectivity index is 2.04. The van der Waals surface area contributed by atoms with E-state index in [4.69, 9.17) is 5.11 Å². The number of aromatic carboxylic acids is 1. The molecule has 0 bridgehead atoms. The lowest BCUT2D eigenvalue weighted by Gasteiger charge is -2.00. The molecule has 3 N–H and O–H groups in total. The summed E-state index contributed by atoms with van der Waals surface area (Å²) in [6.07, 6.45) is 4.26. The number of nitrogens with one attached hydrogen (secondary N) is 2. The van der Waals surface area contributed by atoms with E-state index in [0.29, 0.717) is 11.3 Å². The minimum atomic E-state index is -1.06. The van der Waals surface area contributed by atoms with Crippen molar-refractivity contribution < 1.29 is 14.7 Å². The average molecular weight is 256 g/mol. The van der Waals surface area contributed by atoms with Gasteiger partial charge in [-0.3, -0.25) is 4.79 Å². The highest BCUT2D eigenvalue weighted by molar-refractivity contribution is 6.02. The topological polar surface area (TPSA) is 82.2 Å². The number of carboxylic acids is 1. The predicted molar refractivity (Wildman–Crippen MR) is 71.9 cm³/mol. The molecule has 5 heteroatoms. The number of carboxylic acid groups (broad SMARTS) is 1. The zero-order chi connectivity index (χ0) is 13.7. The van der Waals surface area contributed by atoms with Crippen LogP contribution in [0.2, 0.25) is 0 Å². The van der Waals surface area contributed by atoms with Crippen LogP contribution in [-0.2, 0) is 4.79 Å². The van der Waals surface area contributed by atoms with Gasteiger partial charge in [0.1, 0.15) is 5.69 Å². The summed E-state index contributed by atoms with van der Waals surface area (Å²) in [5, 5.41) is 11.6. The molecule has 0 fully saturated rings. The number of anilines is 1. The summed E-state index contributed by atoms with van der Waals surface area (Å²) >= 11 is 0. The van der Waals surface area contributed by atoms with E-state index in [9.17, 15) is 9.59 Å². The molecular formula is C14H12N2O3. The minimum Gasteiger partial charge on any atom is -0.477 e. The summed E-state index contributed by atoms with van der Waals surface area (Å²) in [4.78, 5) is 25.1. The molecule has 0 spiro atoms. The Labute approximate surface area is 109 Å². The first-order valence-electron chi connectivity index (χ1n) is 5.61. The van der Waals surface area contributed by atoms with E-state index in [0.717, 1.165) is 0 Å². The molecule has 19 heavy (non-hydrogen) atoms. The van der Waals surface area contributed by atoms with E-state index in [1.165, 1.54) is 18.3 Å². The molecule has 5 nitrogen and oxygen atoms in total. The fourth-order valence-corrected chi connectivity index (χ4v) is 1.58. The molecule has 0 aliphatic rings. The minimum absolute atomic E-state index is 0.0590. The van der Waals surface area contributed by atoms with E-state index < -0.39 is 5.97 Å². The van der Waals surface area contributed by atoms with Crippen LogP contribution in [0.15, 0.2) is 48.7 Å². The molecule has 96 valence electrons. The van der Waals surface area contributed by atoms with Gasteiger partial charge in [0, 0.05) is 23.5 Å². The number of hydrogen-bond donors (Lipinski definition) is 3. The van der Waals surface area contributed by atoms with Gasteiger partial charge in [-0.15, -0.1) is 0 Å². The van der Waals surface area contributed by atoms with Crippen LogP contribution in [0.5, 0.6) is 0 Å². The quantitative estimate of drug-likeness (QED) is 0.734.